The molecular weight excluding hydrogens is 268 g/mol. The van der Waals surface area contributed by atoms with E-state index in [2.05, 4.69) is 25.9 Å². The molecule has 0 radical (unpaired) electrons. The Hall–Kier alpha value is -3.04. The molecule has 20 heavy (non-hydrogen) atoms. The van der Waals surface area contributed by atoms with E-state index in [9.17, 15) is 14.9 Å². The molecule has 0 bridgehead atoms. The largest absolute Gasteiger partial charge is 0.490 e. The van der Waals surface area contributed by atoms with Gasteiger partial charge in [-0.2, -0.15) is 5.21 Å². The molecule has 1 amide bonds. The predicted molar refractivity (Wildman–Crippen MR) is 65.0 cm³/mol. The van der Waals surface area contributed by atoms with Gasteiger partial charge in [0.15, 0.2) is 5.82 Å². The van der Waals surface area contributed by atoms with Gasteiger partial charge in [-0.3, -0.25) is 14.9 Å². The van der Waals surface area contributed by atoms with E-state index in [1.165, 1.54) is 25.3 Å². The van der Waals surface area contributed by atoms with Crippen molar-refractivity contribution >= 4 is 11.6 Å². The number of H-pyrrole nitrogens is 1. The second kappa shape index (κ2) is 5.73. The van der Waals surface area contributed by atoms with E-state index in [1.54, 1.807) is 0 Å². The molecule has 0 unspecified atom stereocenters. The molecule has 2 rings (SSSR count). The van der Waals surface area contributed by atoms with Crippen LogP contribution in [0.2, 0.25) is 0 Å². The van der Waals surface area contributed by atoms with Crippen molar-refractivity contribution < 1.29 is 14.5 Å². The maximum atomic E-state index is 12.0. The van der Waals surface area contributed by atoms with Crippen LogP contribution >= 0.6 is 0 Å². The van der Waals surface area contributed by atoms with Crippen molar-refractivity contribution in [2.75, 3.05) is 7.11 Å². The average Bonchev–Trinajstić information content (AvgIpc) is 2.97. The van der Waals surface area contributed by atoms with Gasteiger partial charge in [0, 0.05) is 6.07 Å². The van der Waals surface area contributed by atoms with Crippen LogP contribution in [0, 0.1) is 10.1 Å². The minimum Gasteiger partial charge on any atom is -0.490 e. The minimum atomic E-state index is -0.616. The summed E-state index contributed by atoms with van der Waals surface area (Å²) in [4.78, 5) is 22.2. The van der Waals surface area contributed by atoms with E-state index < -0.39 is 10.8 Å². The summed E-state index contributed by atoms with van der Waals surface area (Å²) in [5.41, 5.74) is -0.218. The van der Waals surface area contributed by atoms with Gasteiger partial charge < -0.3 is 10.1 Å². The third-order valence-electron chi connectivity index (χ3n) is 2.44. The Morgan fingerprint density at radius 1 is 1.55 bits per heavy atom. The predicted octanol–water partition coefficient (Wildman–Crippen LogP) is 0.0465. The van der Waals surface area contributed by atoms with E-state index in [-0.39, 0.29) is 23.5 Å². The third-order valence-corrected chi connectivity index (χ3v) is 2.44. The monoisotopic (exact) mass is 278 g/mol. The molecule has 0 aliphatic heterocycles. The van der Waals surface area contributed by atoms with Crippen molar-refractivity contribution in [3.63, 3.8) is 0 Å². The number of carbonyl (C=O) groups excluding carboxylic acids is 1. The normalized spacial score (nSPS) is 10.1. The lowest BCUT2D eigenvalue weighted by atomic mass is 10.1. The maximum Gasteiger partial charge on any atom is 0.311 e. The third kappa shape index (κ3) is 2.68. The Bertz CT molecular complexity index is 627. The summed E-state index contributed by atoms with van der Waals surface area (Å²) in [5.74, 6) is -0.332. The van der Waals surface area contributed by atoms with Gasteiger partial charge in [0.1, 0.15) is 0 Å². The summed E-state index contributed by atoms with van der Waals surface area (Å²) in [7, 11) is 1.26. The zero-order valence-corrected chi connectivity index (χ0v) is 10.4. The van der Waals surface area contributed by atoms with Gasteiger partial charge in [0.25, 0.3) is 5.91 Å². The molecule has 10 heteroatoms. The lowest BCUT2D eigenvalue weighted by Gasteiger charge is -2.08. The Balaban J connectivity index is 2.21. The SMILES string of the molecule is COc1c(C(=O)NCc2nn[nH]n2)cccc1[N+](=O)[O-]. The van der Waals surface area contributed by atoms with Crippen molar-refractivity contribution in [3.8, 4) is 5.75 Å². The number of hydrogen-bond acceptors (Lipinski definition) is 7. The molecule has 1 aromatic carbocycles. The Kier molecular flexibility index (Phi) is 3.84. The van der Waals surface area contributed by atoms with E-state index >= 15 is 0 Å². The zero-order chi connectivity index (χ0) is 14.5. The summed E-state index contributed by atoms with van der Waals surface area (Å²) in [6, 6.07) is 4.09. The highest BCUT2D eigenvalue weighted by Crippen LogP contribution is 2.30. The van der Waals surface area contributed by atoms with Crippen molar-refractivity contribution in [3.05, 3.63) is 39.7 Å². The minimum absolute atomic E-state index is 0.0428. The van der Waals surface area contributed by atoms with Crippen LogP contribution in [0.4, 0.5) is 5.69 Å². The molecule has 0 saturated carbocycles. The molecule has 0 fully saturated rings. The molecule has 0 atom stereocenters. The Labute approximate surface area is 112 Å². The molecule has 0 saturated heterocycles. The Morgan fingerprint density at radius 2 is 2.35 bits per heavy atom. The van der Waals surface area contributed by atoms with Crippen LogP contribution in [0.1, 0.15) is 16.2 Å². The molecule has 1 aromatic heterocycles. The number of methoxy groups -OCH3 is 1. The fourth-order valence-corrected chi connectivity index (χ4v) is 1.57. The number of nitro benzene ring substituents is 1. The average molecular weight is 278 g/mol. The maximum absolute atomic E-state index is 12.0. The van der Waals surface area contributed by atoms with Crippen LogP contribution in [-0.4, -0.2) is 38.6 Å². The van der Waals surface area contributed by atoms with Crippen LogP contribution < -0.4 is 10.1 Å². The number of hydrogen-bond donors (Lipinski definition) is 2. The molecule has 0 spiro atoms. The quantitative estimate of drug-likeness (QED) is 0.582. The van der Waals surface area contributed by atoms with Gasteiger partial charge in [0.05, 0.1) is 24.1 Å². The summed E-state index contributed by atoms with van der Waals surface area (Å²) in [5, 5.41) is 26.3. The first-order valence-corrected chi connectivity index (χ1v) is 5.45. The first-order valence-electron chi connectivity index (χ1n) is 5.45. The van der Waals surface area contributed by atoms with Crippen LogP contribution in [-0.2, 0) is 6.54 Å². The lowest BCUT2D eigenvalue weighted by Crippen LogP contribution is -2.24. The summed E-state index contributed by atoms with van der Waals surface area (Å²) in [6.07, 6.45) is 0. The van der Waals surface area contributed by atoms with Crippen molar-refractivity contribution in [2.24, 2.45) is 0 Å². The van der Waals surface area contributed by atoms with Crippen LogP contribution in [0.3, 0.4) is 0 Å². The van der Waals surface area contributed by atoms with E-state index in [0.29, 0.717) is 5.82 Å². The standard InChI is InChI=1S/C10H10N6O4/c1-20-9-6(3-2-4-7(9)16(18)19)10(17)11-5-8-12-14-15-13-8/h2-4H,5H2,1H3,(H,11,17)(H,12,13,14,15). The molecule has 10 nitrogen and oxygen atoms in total. The number of para-hydroxylation sites is 1. The number of rotatable bonds is 5. The molecule has 2 aromatic rings. The van der Waals surface area contributed by atoms with Gasteiger partial charge in [-0.05, 0) is 6.07 Å². The first kappa shape index (κ1) is 13.4. The van der Waals surface area contributed by atoms with Gasteiger partial charge in [-0.1, -0.05) is 11.3 Å². The number of nitrogens with one attached hydrogen (secondary N) is 2. The summed E-state index contributed by atoms with van der Waals surface area (Å²) >= 11 is 0. The second-order valence-corrected chi connectivity index (χ2v) is 3.63. The molecular formula is C10H10N6O4. The fraction of sp³-hybridized carbons (Fsp3) is 0.200. The number of carbonyl (C=O) groups is 1. The first-order chi connectivity index (χ1) is 9.63. The molecule has 2 N–H and O–H groups in total. The number of aromatic amines is 1. The smallest absolute Gasteiger partial charge is 0.311 e. The van der Waals surface area contributed by atoms with E-state index in [0.717, 1.165) is 0 Å². The van der Waals surface area contributed by atoms with Gasteiger partial charge in [-0.25, -0.2) is 0 Å². The second-order valence-electron chi connectivity index (χ2n) is 3.63. The summed E-state index contributed by atoms with van der Waals surface area (Å²) in [6.45, 7) is 0.0428. The number of amides is 1. The van der Waals surface area contributed by atoms with Crippen molar-refractivity contribution in [2.45, 2.75) is 6.54 Å². The highest BCUT2D eigenvalue weighted by molar-refractivity contribution is 5.98. The van der Waals surface area contributed by atoms with Crippen LogP contribution in [0.5, 0.6) is 5.75 Å². The molecule has 1 heterocycles. The van der Waals surface area contributed by atoms with Crippen molar-refractivity contribution in [1.82, 2.24) is 25.9 Å². The van der Waals surface area contributed by atoms with Crippen molar-refractivity contribution in [1.29, 1.82) is 0 Å². The Morgan fingerprint density at radius 3 is 2.95 bits per heavy atom. The van der Waals surface area contributed by atoms with Gasteiger partial charge in [-0.15, -0.1) is 10.2 Å². The highest BCUT2D eigenvalue weighted by atomic mass is 16.6. The topological polar surface area (TPSA) is 136 Å². The van der Waals surface area contributed by atoms with Crippen LogP contribution in [0.15, 0.2) is 18.2 Å². The molecule has 104 valence electrons. The highest BCUT2D eigenvalue weighted by Gasteiger charge is 2.22. The van der Waals surface area contributed by atoms with Gasteiger partial charge >= 0.3 is 5.69 Å². The lowest BCUT2D eigenvalue weighted by molar-refractivity contribution is -0.385. The molecule has 0 aliphatic carbocycles. The number of ether oxygens (including phenoxy) is 1. The van der Waals surface area contributed by atoms with E-state index in [4.69, 9.17) is 4.74 Å². The number of aromatic nitrogens is 4. The number of benzene rings is 1. The molecule has 0 aliphatic rings. The van der Waals surface area contributed by atoms with Gasteiger partial charge in [0.2, 0.25) is 5.75 Å². The number of tetrazole rings is 1. The van der Waals surface area contributed by atoms with Crippen LogP contribution in [0.25, 0.3) is 0 Å². The van der Waals surface area contributed by atoms with E-state index in [1.807, 2.05) is 0 Å². The summed E-state index contributed by atoms with van der Waals surface area (Å²) < 4.78 is 4.94. The fourth-order valence-electron chi connectivity index (χ4n) is 1.57. The zero-order valence-electron chi connectivity index (χ0n) is 10.4. The number of nitro groups is 1. The number of nitrogens with zero attached hydrogens (tertiary/aromatic N) is 4.